The minimum absolute atomic E-state index is 0.669. The van der Waals surface area contributed by atoms with Crippen LogP contribution in [0.3, 0.4) is 0 Å². The van der Waals surface area contributed by atoms with Crippen LogP contribution in [-0.2, 0) is 0 Å². The lowest BCUT2D eigenvalue weighted by atomic mass is 10.0. The van der Waals surface area contributed by atoms with Crippen LogP contribution >= 0.6 is 23.2 Å². The Labute approximate surface area is 139 Å². The van der Waals surface area contributed by atoms with Gasteiger partial charge >= 0.3 is 0 Å². The predicted molar refractivity (Wildman–Crippen MR) is 92.4 cm³/mol. The molecule has 0 unspecified atom stereocenters. The molecule has 0 radical (unpaired) electrons. The van der Waals surface area contributed by atoms with Gasteiger partial charge in [0.25, 0.3) is 0 Å². The Balaban J connectivity index is 1.98. The molecule has 0 atom stereocenters. The van der Waals surface area contributed by atoms with E-state index in [1.807, 2.05) is 62.5 Å². The summed E-state index contributed by atoms with van der Waals surface area (Å²) in [4.78, 5) is 9.00. The summed E-state index contributed by atoms with van der Waals surface area (Å²) >= 11 is 12.1. The van der Waals surface area contributed by atoms with Crippen LogP contribution in [0.1, 0.15) is 11.4 Å². The fourth-order valence-corrected chi connectivity index (χ4v) is 2.61. The van der Waals surface area contributed by atoms with Crippen LogP contribution < -0.4 is 0 Å². The van der Waals surface area contributed by atoms with Crippen molar-refractivity contribution in [3.05, 3.63) is 70.1 Å². The van der Waals surface area contributed by atoms with E-state index in [2.05, 4.69) is 9.97 Å². The molecule has 3 rings (SSSR count). The lowest BCUT2D eigenvalue weighted by Crippen LogP contribution is -1.93. The fourth-order valence-electron chi connectivity index (χ4n) is 2.34. The van der Waals surface area contributed by atoms with Gasteiger partial charge in [-0.25, -0.2) is 0 Å². The highest BCUT2D eigenvalue weighted by atomic mass is 35.5. The van der Waals surface area contributed by atoms with Gasteiger partial charge in [0.1, 0.15) is 0 Å². The van der Waals surface area contributed by atoms with Gasteiger partial charge in [-0.05, 0) is 38.1 Å². The topological polar surface area (TPSA) is 25.8 Å². The van der Waals surface area contributed by atoms with Gasteiger partial charge in [-0.2, -0.15) is 0 Å². The number of nitrogens with zero attached hydrogens (tertiary/aromatic N) is 2. The molecule has 110 valence electrons. The van der Waals surface area contributed by atoms with Crippen LogP contribution in [-0.4, -0.2) is 9.97 Å². The zero-order chi connectivity index (χ0) is 15.7. The van der Waals surface area contributed by atoms with Crippen molar-refractivity contribution in [2.75, 3.05) is 0 Å². The summed E-state index contributed by atoms with van der Waals surface area (Å²) in [6, 6.07) is 13.6. The van der Waals surface area contributed by atoms with Crippen LogP contribution in [0.4, 0.5) is 0 Å². The van der Waals surface area contributed by atoms with Crippen molar-refractivity contribution in [3.63, 3.8) is 0 Å². The number of aromatic nitrogens is 2. The van der Waals surface area contributed by atoms with E-state index in [1.165, 1.54) is 0 Å². The molecule has 0 bridgehead atoms. The number of hydrogen-bond donors (Lipinski definition) is 0. The first kappa shape index (κ1) is 15.0. The molecule has 0 aliphatic carbocycles. The molecular formula is C18H14Cl2N2. The second kappa shape index (κ2) is 6.07. The van der Waals surface area contributed by atoms with E-state index in [-0.39, 0.29) is 0 Å². The summed E-state index contributed by atoms with van der Waals surface area (Å²) in [5.74, 6) is 0. The smallest absolute Gasteiger partial charge is 0.0702 e. The van der Waals surface area contributed by atoms with Crippen molar-refractivity contribution < 1.29 is 0 Å². The third-order valence-electron chi connectivity index (χ3n) is 3.56. The molecule has 2 heterocycles. The Morgan fingerprint density at radius 1 is 0.818 bits per heavy atom. The van der Waals surface area contributed by atoms with Gasteiger partial charge in [-0.3, -0.25) is 9.97 Å². The maximum atomic E-state index is 6.18. The Hall–Kier alpha value is -1.90. The fraction of sp³-hybridized carbons (Fsp3) is 0.111. The molecule has 0 saturated carbocycles. The lowest BCUT2D eigenvalue weighted by Gasteiger charge is -2.09. The standard InChI is InChI=1S/C18H14Cl2N2/c1-11-16(9-17(20)12(2)22-11)14-5-8-18(21-10-14)13-3-6-15(19)7-4-13/h3-10H,1-2H3. The van der Waals surface area contributed by atoms with E-state index < -0.39 is 0 Å². The molecule has 0 aliphatic rings. The summed E-state index contributed by atoms with van der Waals surface area (Å²) in [7, 11) is 0. The predicted octanol–water partition coefficient (Wildman–Crippen LogP) is 5.73. The maximum absolute atomic E-state index is 6.18. The van der Waals surface area contributed by atoms with Crippen LogP contribution in [0.2, 0.25) is 10.0 Å². The first-order valence-electron chi connectivity index (χ1n) is 6.91. The van der Waals surface area contributed by atoms with Crippen molar-refractivity contribution in [1.29, 1.82) is 0 Å². The summed E-state index contributed by atoms with van der Waals surface area (Å²) in [5.41, 5.74) is 5.74. The van der Waals surface area contributed by atoms with Gasteiger partial charge in [-0.15, -0.1) is 0 Å². The third kappa shape index (κ3) is 2.99. The van der Waals surface area contributed by atoms with Gasteiger partial charge in [0.2, 0.25) is 0 Å². The maximum Gasteiger partial charge on any atom is 0.0702 e. The number of pyridine rings is 2. The molecule has 0 N–H and O–H groups in total. The zero-order valence-corrected chi connectivity index (χ0v) is 13.8. The van der Waals surface area contributed by atoms with Crippen LogP contribution in [0.25, 0.3) is 22.4 Å². The van der Waals surface area contributed by atoms with Crippen molar-refractivity contribution in [3.8, 4) is 22.4 Å². The van der Waals surface area contributed by atoms with E-state index in [1.54, 1.807) is 0 Å². The van der Waals surface area contributed by atoms with Crippen LogP contribution in [0.15, 0.2) is 48.7 Å². The van der Waals surface area contributed by atoms with Gasteiger partial charge in [0.15, 0.2) is 0 Å². The minimum atomic E-state index is 0.669. The molecule has 2 aromatic heterocycles. The molecule has 4 heteroatoms. The second-order valence-electron chi connectivity index (χ2n) is 5.13. The molecule has 1 aromatic carbocycles. The molecule has 2 nitrogen and oxygen atoms in total. The van der Waals surface area contributed by atoms with Crippen molar-refractivity contribution in [1.82, 2.24) is 9.97 Å². The van der Waals surface area contributed by atoms with Gasteiger partial charge < -0.3 is 0 Å². The molecule has 0 amide bonds. The average molecular weight is 329 g/mol. The highest BCUT2D eigenvalue weighted by molar-refractivity contribution is 6.31. The van der Waals surface area contributed by atoms with Crippen LogP contribution in [0.5, 0.6) is 0 Å². The molecule has 0 saturated heterocycles. The van der Waals surface area contributed by atoms with E-state index >= 15 is 0 Å². The van der Waals surface area contributed by atoms with E-state index in [0.717, 1.165) is 38.8 Å². The molecule has 0 spiro atoms. The number of halogens is 2. The first-order chi connectivity index (χ1) is 10.5. The van der Waals surface area contributed by atoms with Crippen molar-refractivity contribution >= 4 is 23.2 Å². The number of aryl methyl sites for hydroxylation is 2. The zero-order valence-electron chi connectivity index (χ0n) is 12.3. The van der Waals surface area contributed by atoms with Crippen LogP contribution in [0, 0.1) is 13.8 Å². The Kier molecular flexibility index (Phi) is 4.14. The average Bonchev–Trinajstić information content (AvgIpc) is 2.52. The quantitative estimate of drug-likeness (QED) is 0.599. The van der Waals surface area contributed by atoms with Gasteiger partial charge in [-0.1, -0.05) is 41.4 Å². The Bertz CT molecular complexity index is 810. The lowest BCUT2D eigenvalue weighted by molar-refractivity contribution is 1.12. The third-order valence-corrected chi connectivity index (χ3v) is 4.19. The van der Waals surface area contributed by atoms with E-state index in [9.17, 15) is 0 Å². The summed E-state index contributed by atoms with van der Waals surface area (Å²) < 4.78 is 0. The second-order valence-corrected chi connectivity index (χ2v) is 5.97. The van der Waals surface area contributed by atoms with Gasteiger partial charge in [0.05, 0.1) is 16.4 Å². The van der Waals surface area contributed by atoms with Crippen molar-refractivity contribution in [2.45, 2.75) is 13.8 Å². The summed E-state index contributed by atoms with van der Waals surface area (Å²) in [5, 5.41) is 1.39. The monoisotopic (exact) mass is 328 g/mol. The Morgan fingerprint density at radius 3 is 2.14 bits per heavy atom. The molecule has 3 aromatic rings. The Morgan fingerprint density at radius 2 is 1.50 bits per heavy atom. The number of benzene rings is 1. The van der Waals surface area contributed by atoms with E-state index in [0.29, 0.717) is 5.02 Å². The van der Waals surface area contributed by atoms with E-state index in [4.69, 9.17) is 23.2 Å². The first-order valence-corrected chi connectivity index (χ1v) is 7.66. The number of hydrogen-bond acceptors (Lipinski definition) is 2. The largest absolute Gasteiger partial charge is 0.256 e. The summed E-state index contributed by atoms with van der Waals surface area (Å²) in [6.45, 7) is 3.88. The molecule has 0 aliphatic heterocycles. The SMILES string of the molecule is Cc1nc(C)c(-c2ccc(-c3ccc(Cl)cc3)nc2)cc1Cl. The number of rotatable bonds is 2. The normalized spacial score (nSPS) is 10.7. The highest BCUT2D eigenvalue weighted by Crippen LogP contribution is 2.28. The molecule has 0 fully saturated rings. The molecular weight excluding hydrogens is 315 g/mol. The van der Waals surface area contributed by atoms with Crippen molar-refractivity contribution in [2.24, 2.45) is 0 Å². The molecule has 22 heavy (non-hydrogen) atoms. The van der Waals surface area contributed by atoms with Gasteiger partial charge in [0, 0.05) is 33.6 Å². The minimum Gasteiger partial charge on any atom is -0.256 e. The highest BCUT2D eigenvalue weighted by Gasteiger charge is 2.08. The summed E-state index contributed by atoms with van der Waals surface area (Å²) in [6.07, 6.45) is 1.85.